The van der Waals surface area contributed by atoms with Gasteiger partial charge in [-0.15, -0.1) is 0 Å². The Morgan fingerprint density at radius 3 is 2.54 bits per heavy atom. The zero-order valence-corrected chi connectivity index (χ0v) is 20.4. The summed E-state index contributed by atoms with van der Waals surface area (Å²) in [5, 5.41) is 21.9. The summed E-state index contributed by atoms with van der Waals surface area (Å²) >= 11 is 6.50. The third-order valence-corrected chi connectivity index (χ3v) is 5.43. The minimum atomic E-state index is -0.526. The van der Waals surface area contributed by atoms with Gasteiger partial charge in [-0.05, 0) is 62.2 Å². The number of carbonyl (C=O) groups is 1. The van der Waals surface area contributed by atoms with E-state index in [0.717, 1.165) is 11.1 Å². The van der Waals surface area contributed by atoms with Gasteiger partial charge < -0.3 is 14.8 Å². The Kier molecular flexibility index (Phi) is 8.51. The number of hydrogen-bond acceptors (Lipinski definition) is 5. The fraction of sp³-hybridized carbons (Fsp3) is 0.179. The van der Waals surface area contributed by atoms with Gasteiger partial charge in [0.2, 0.25) is 0 Å². The van der Waals surface area contributed by atoms with E-state index in [1.165, 1.54) is 6.08 Å². The topological polar surface area (TPSA) is 95.1 Å². The van der Waals surface area contributed by atoms with Crippen molar-refractivity contribution in [2.45, 2.75) is 27.4 Å². The molecule has 3 aromatic carbocycles. The van der Waals surface area contributed by atoms with Crippen LogP contribution < -0.4 is 14.8 Å². The first kappa shape index (κ1) is 25.4. The Labute approximate surface area is 210 Å². The third-order valence-electron chi connectivity index (χ3n) is 5.15. The molecule has 0 unspecified atom stereocenters. The van der Waals surface area contributed by atoms with Gasteiger partial charge in [0.25, 0.3) is 5.91 Å². The van der Waals surface area contributed by atoms with Crippen LogP contribution in [0.5, 0.6) is 11.5 Å². The quantitative estimate of drug-likeness (QED) is 0.296. The molecule has 0 saturated carbocycles. The number of amides is 1. The molecule has 0 fully saturated rings. The van der Waals surface area contributed by atoms with Crippen LogP contribution in [0.4, 0.5) is 5.69 Å². The van der Waals surface area contributed by atoms with E-state index in [4.69, 9.17) is 21.1 Å². The number of nitrogens with zero attached hydrogens (tertiary/aromatic N) is 2. The Morgan fingerprint density at radius 1 is 1.09 bits per heavy atom. The van der Waals surface area contributed by atoms with Gasteiger partial charge >= 0.3 is 0 Å². The van der Waals surface area contributed by atoms with Gasteiger partial charge in [0.05, 0.1) is 23.3 Å². The molecule has 0 aliphatic carbocycles. The maximum Gasteiger partial charge on any atom is 0.266 e. The highest BCUT2D eigenvalue weighted by Crippen LogP contribution is 2.38. The van der Waals surface area contributed by atoms with Crippen molar-refractivity contribution in [3.05, 3.63) is 93.0 Å². The highest BCUT2D eigenvalue weighted by atomic mass is 35.5. The Morgan fingerprint density at radius 2 is 1.86 bits per heavy atom. The molecule has 3 rings (SSSR count). The molecule has 0 aliphatic heterocycles. The lowest BCUT2D eigenvalue weighted by Crippen LogP contribution is -2.14. The van der Waals surface area contributed by atoms with Crippen LogP contribution in [0.2, 0.25) is 5.02 Å². The van der Waals surface area contributed by atoms with Crippen molar-refractivity contribution in [1.29, 1.82) is 10.5 Å². The number of aryl methyl sites for hydroxylation is 2. The highest BCUT2D eigenvalue weighted by molar-refractivity contribution is 6.32. The zero-order valence-electron chi connectivity index (χ0n) is 19.7. The minimum Gasteiger partial charge on any atom is -0.490 e. The van der Waals surface area contributed by atoms with E-state index >= 15 is 0 Å². The third kappa shape index (κ3) is 6.41. The van der Waals surface area contributed by atoms with Crippen LogP contribution in [-0.4, -0.2) is 12.5 Å². The average Bonchev–Trinajstić information content (AvgIpc) is 2.84. The Hall–Kier alpha value is -4.26. The Balaban J connectivity index is 1.87. The van der Waals surface area contributed by atoms with Crippen molar-refractivity contribution in [1.82, 2.24) is 0 Å². The number of nitriles is 2. The van der Waals surface area contributed by atoms with Gasteiger partial charge in [-0.25, -0.2) is 0 Å². The van der Waals surface area contributed by atoms with E-state index in [0.29, 0.717) is 40.5 Å². The standard InChI is InChI=1S/C28H24ClN3O3/c1-4-34-26-14-20(12-23(16-31)28(33)32-25-10-9-18(2)11-19(25)3)13-24(29)27(26)35-17-22-8-6-5-7-21(22)15-30/h5-14H,4,17H2,1-3H3,(H,32,33)/b23-12+. The SMILES string of the molecule is CCOc1cc(/C=C(\C#N)C(=O)Nc2ccc(C)cc2C)cc(Cl)c1OCc1ccccc1C#N. The summed E-state index contributed by atoms with van der Waals surface area (Å²) in [6.45, 7) is 6.16. The molecule has 7 heteroatoms. The number of carbonyl (C=O) groups excluding carboxylic acids is 1. The molecule has 6 nitrogen and oxygen atoms in total. The van der Waals surface area contributed by atoms with Gasteiger partial charge in [-0.1, -0.05) is 47.5 Å². The van der Waals surface area contributed by atoms with Gasteiger partial charge in [0, 0.05) is 11.3 Å². The van der Waals surface area contributed by atoms with E-state index in [2.05, 4.69) is 11.4 Å². The predicted octanol–water partition coefficient (Wildman–Crippen LogP) is 6.35. The number of nitrogens with one attached hydrogen (secondary N) is 1. The summed E-state index contributed by atoms with van der Waals surface area (Å²) in [4.78, 5) is 12.8. The van der Waals surface area contributed by atoms with Gasteiger partial charge in [0.15, 0.2) is 11.5 Å². The second kappa shape index (κ2) is 11.7. The zero-order chi connectivity index (χ0) is 25.4. The molecule has 0 bridgehead atoms. The van der Waals surface area contributed by atoms with Crippen molar-refractivity contribution >= 4 is 29.3 Å². The van der Waals surface area contributed by atoms with Crippen LogP contribution in [0.3, 0.4) is 0 Å². The summed E-state index contributed by atoms with van der Waals surface area (Å²) in [5.74, 6) is 0.159. The molecular weight excluding hydrogens is 462 g/mol. The second-order valence-electron chi connectivity index (χ2n) is 7.76. The van der Waals surface area contributed by atoms with Crippen LogP contribution in [0.25, 0.3) is 6.08 Å². The first-order valence-corrected chi connectivity index (χ1v) is 11.3. The van der Waals surface area contributed by atoms with Gasteiger partial charge in [-0.2, -0.15) is 10.5 Å². The molecule has 0 radical (unpaired) electrons. The molecule has 1 N–H and O–H groups in total. The van der Waals surface area contributed by atoms with Crippen molar-refractivity contribution in [3.8, 4) is 23.6 Å². The molecule has 0 aromatic heterocycles. The van der Waals surface area contributed by atoms with E-state index in [9.17, 15) is 15.3 Å². The lowest BCUT2D eigenvalue weighted by atomic mass is 10.1. The maximum atomic E-state index is 12.8. The molecule has 0 atom stereocenters. The number of anilines is 1. The molecular formula is C28H24ClN3O3. The molecule has 0 heterocycles. The monoisotopic (exact) mass is 485 g/mol. The molecule has 0 saturated heterocycles. The van der Waals surface area contributed by atoms with Crippen LogP contribution in [0.1, 0.15) is 34.7 Å². The van der Waals surface area contributed by atoms with Crippen molar-refractivity contribution in [2.75, 3.05) is 11.9 Å². The fourth-order valence-corrected chi connectivity index (χ4v) is 3.71. The van der Waals surface area contributed by atoms with Gasteiger partial charge in [0.1, 0.15) is 18.2 Å². The van der Waals surface area contributed by atoms with Crippen molar-refractivity contribution < 1.29 is 14.3 Å². The lowest BCUT2D eigenvalue weighted by molar-refractivity contribution is -0.112. The minimum absolute atomic E-state index is 0.0832. The van der Waals surface area contributed by atoms with Crippen LogP contribution in [0.15, 0.2) is 60.2 Å². The fourth-order valence-electron chi connectivity index (χ4n) is 3.44. The van der Waals surface area contributed by atoms with Crippen LogP contribution in [-0.2, 0) is 11.4 Å². The molecule has 176 valence electrons. The average molecular weight is 486 g/mol. The first-order chi connectivity index (χ1) is 16.9. The number of hydrogen-bond donors (Lipinski definition) is 1. The summed E-state index contributed by atoms with van der Waals surface area (Å²) in [7, 11) is 0. The number of benzene rings is 3. The maximum absolute atomic E-state index is 12.8. The summed E-state index contributed by atoms with van der Waals surface area (Å²) in [6.07, 6.45) is 1.45. The normalized spacial score (nSPS) is 10.7. The number of halogens is 1. The van der Waals surface area contributed by atoms with E-state index in [1.807, 2.05) is 45.0 Å². The summed E-state index contributed by atoms with van der Waals surface area (Å²) in [6, 6.07) is 20.1. The smallest absolute Gasteiger partial charge is 0.266 e. The van der Waals surface area contributed by atoms with Crippen LogP contribution >= 0.6 is 11.6 Å². The van der Waals surface area contributed by atoms with Gasteiger partial charge in [-0.3, -0.25) is 4.79 Å². The van der Waals surface area contributed by atoms with E-state index < -0.39 is 5.91 Å². The number of ether oxygens (including phenoxy) is 2. The van der Waals surface area contributed by atoms with Crippen molar-refractivity contribution in [3.63, 3.8) is 0 Å². The lowest BCUT2D eigenvalue weighted by Gasteiger charge is -2.15. The van der Waals surface area contributed by atoms with Crippen LogP contribution in [0, 0.1) is 36.5 Å². The molecule has 0 spiro atoms. The predicted molar refractivity (Wildman–Crippen MR) is 136 cm³/mol. The molecule has 35 heavy (non-hydrogen) atoms. The second-order valence-corrected chi connectivity index (χ2v) is 8.17. The largest absolute Gasteiger partial charge is 0.490 e. The molecule has 1 amide bonds. The Bertz CT molecular complexity index is 1370. The summed E-state index contributed by atoms with van der Waals surface area (Å²) in [5.41, 5.74) is 4.26. The number of rotatable bonds is 8. The van der Waals surface area contributed by atoms with E-state index in [1.54, 1.807) is 36.4 Å². The highest BCUT2D eigenvalue weighted by Gasteiger charge is 2.16. The summed E-state index contributed by atoms with van der Waals surface area (Å²) < 4.78 is 11.6. The first-order valence-electron chi connectivity index (χ1n) is 10.9. The van der Waals surface area contributed by atoms with E-state index in [-0.39, 0.29) is 17.2 Å². The molecule has 3 aromatic rings. The molecule has 0 aliphatic rings. The van der Waals surface area contributed by atoms with Crippen molar-refractivity contribution in [2.24, 2.45) is 0 Å².